The van der Waals surface area contributed by atoms with E-state index in [0.29, 0.717) is 6.04 Å². The quantitative estimate of drug-likeness (QED) is 0.915. The molecular weight excluding hydrogens is 263 g/mol. The molecule has 0 radical (unpaired) electrons. The number of piperazine rings is 1. The molecule has 1 aliphatic heterocycles. The number of hydrogen-bond donors (Lipinski definition) is 1. The van der Waals surface area contributed by atoms with Gasteiger partial charge in [0.05, 0.1) is 0 Å². The average molecular weight is 288 g/mol. The third kappa shape index (κ3) is 2.74. The van der Waals surface area contributed by atoms with E-state index in [2.05, 4.69) is 23.2 Å². The van der Waals surface area contributed by atoms with Crippen molar-refractivity contribution in [1.29, 1.82) is 0 Å². The lowest BCUT2D eigenvalue weighted by Gasteiger charge is -2.49. The summed E-state index contributed by atoms with van der Waals surface area (Å²) in [5.41, 5.74) is 1.36. The number of rotatable bonds is 4. The first-order valence-corrected chi connectivity index (χ1v) is 8.38. The number of halogens is 1. The molecule has 0 amide bonds. The first-order valence-electron chi connectivity index (χ1n) is 8.38. The second-order valence-corrected chi connectivity index (χ2v) is 7.47. The molecule has 3 fully saturated rings. The molecule has 1 aromatic rings. The minimum absolute atomic E-state index is 0.116. The highest BCUT2D eigenvalue weighted by atomic mass is 19.1. The Labute approximate surface area is 126 Å². The van der Waals surface area contributed by atoms with Gasteiger partial charge in [-0.1, -0.05) is 12.1 Å². The third-order valence-electron chi connectivity index (χ3n) is 5.77. The van der Waals surface area contributed by atoms with Gasteiger partial charge in [0.1, 0.15) is 5.82 Å². The summed E-state index contributed by atoms with van der Waals surface area (Å²) in [6.07, 6.45) is 5.47. The minimum atomic E-state index is -0.116. The largest absolute Gasteiger partial charge is 0.311 e. The highest BCUT2D eigenvalue weighted by Gasteiger charge is 2.49. The first-order chi connectivity index (χ1) is 10.1. The summed E-state index contributed by atoms with van der Waals surface area (Å²) < 4.78 is 13.5. The van der Waals surface area contributed by atoms with Crippen LogP contribution in [0.3, 0.4) is 0 Å². The van der Waals surface area contributed by atoms with Crippen molar-refractivity contribution in [2.45, 2.75) is 50.7 Å². The molecule has 2 saturated carbocycles. The van der Waals surface area contributed by atoms with Gasteiger partial charge in [-0.3, -0.25) is 4.90 Å². The standard InChI is InChI=1S/C18H25FN2/c1-18(15-7-8-15)12-20-17(14-5-6-14)11-21(18)10-13-3-2-4-16(19)9-13/h2-4,9,14-15,17,20H,5-8,10-12H2,1H3. The SMILES string of the molecule is CC1(C2CC2)CNC(C2CC2)CN1Cc1cccc(F)c1. The number of nitrogens with zero attached hydrogens (tertiary/aromatic N) is 1. The van der Waals surface area contributed by atoms with E-state index in [1.807, 2.05) is 6.07 Å². The molecule has 4 rings (SSSR count). The molecule has 1 aromatic carbocycles. The molecule has 0 spiro atoms. The van der Waals surface area contributed by atoms with Crippen LogP contribution in [0.25, 0.3) is 0 Å². The molecule has 0 aromatic heterocycles. The predicted molar refractivity (Wildman–Crippen MR) is 82.5 cm³/mol. The zero-order valence-corrected chi connectivity index (χ0v) is 12.8. The molecule has 2 nitrogen and oxygen atoms in total. The van der Waals surface area contributed by atoms with Crippen LogP contribution in [0.5, 0.6) is 0 Å². The maximum Gasteiger partial charge on any atom is 0.123 e. The predicted octanol–water partition coefficient (Wildman–Crippen LogP) is 3.18. The molecule has 3 aliphatic rings. The summed E-state index contributed by atoms with van der Waals surface area (Å²) in [5.74, 6) is 1.58. The van der Waals surface area contributed by atoms with Crippen molar-refractivity contribution in [3.63, 3.8) is 0 Å². The highest BCUT2D eigenvalue weighted by molar-refractivity contribution is 5.18. The number of nitrogens with one attached hydrogen (secondary N) is 1. The Morgan fingerprint density at radius 3 is 2.76 bits per heavy atom. The van der Waals surface area contributed by atoms with Gasteiger partial charge in [0, 0.05) is 31.2 Å². The molecule has 0 bridgehead atoms. The molecule has 2 aliphatic carbocycles. The minimum Gasteiger partial charge on any atom is -0.311 e. The van der Waals surface area contributed by atoms with Crippen LogP contribution in [-0.4, -0.2) is 29.6 Å². The molecule has 1 saturated heterocycles. The van der Waals surface area contributed by atoms with Crippen LogP contribution in [0, 0.1) is 17.7 Å². The van der Waals surface area contributed by atoms with E-state index < -0.39 is 0 Å². The third-order valence-corrected chi connectivity index (χ3v) is 5.77. The fourth-order valence-corrected chi connectivity index (χ4v) is 3.98. The van der Waals surface area contributed by atoms with Crippen LogP contribution in [0.2, 0.25) is 0 Å². The summed E-state index contributed by atoms with van der Waals surface area (Å²) >= 11 is 0. The van der Waals surface area contributed by atoms with E-state index in [1.54, 1.807) is 6.07 Å². The van der Waals surface area contributed by atoms with E-state index in [-0.39, 0.29) is 11.4 Å². The van der Waals surface area contributed by atoms with Crippen LogP contribution in [0.4, 0.5) is 4.39 Å². The van der Waals surface area contributed by atoms with Gasteiger partial charge in [0.15, 0.2) is 0 Å². The molecule has 3 heteroatoms. The Kier molecular flexibility index (Phi) is 3.31. The maximum atomic E-state index is 13.5. The topological polar surface area (TPSA) is 15.3 Å². The molecule has 21 heavy (non-hydrogen) atoms. The van der Waals surface area contributed by atoms with E-state index in [9.17, 15) is 4.39 Å². The highest BCUT2D eigenvalue weighted by Crippen LogP contribution is 2.46. The number of benzene rings is 1. The van der Waals surface area contributed by atoms with Crippen molar-refractivity contribution in [3.8, 4) is 0 Å². The Hall–Kier alpha value is -0.930. The van der Waals surface area contributed by atoms with Gasteiger partial charge in [0.2, 0.25) is 0 Å². The van der Waals surface area contributed by atoms with Gasteiger partial charge < -0.3 is 5.32 Å². The van der Waals surface area contributed by atoms with E-state index >= 15 is 0 Å². The van der Waals surface area contributed by atoms with Crippen molar-refractivity contribution in [1.82, 2.24) is 10.2 Å². The Balaban J connectivity index is 1.54. The monoisotopic (exact) mass is 288 g/mol. The summed E-state index contributed by atoms with van der Waals surface area (Å²) in [5, 5.41) is 3.80. The number of hydrogen-bond acceptors (Lipinski definition) is 2. The van der Waals surface area contributed by atoms with Crippen LogP contribution in [-0.2, 0) is 6.54 Å². The maximum absolute atomic E-state index is 13.5. The van der Waals surface area contributed by atoms with Gasteiger partial charge >= 0.3 is 0 Å². The summed E-state index contributed by atoms with van der Waals surface area (Å²) in [6, 6.07) is 7.77. The van der Waals surface area contributed by atoms with Gasteiger partial charge in [-0.15, -0.1) is 0 Å². The molecule has 1 N–H and O–H groups in total. The normalized spacial score (nSPS) is 34.1. The lowest BCUT2D eigenvalue weighted by atomic mass is 9.88. The molecule has 114 valence electrons. The molecular formula is C18H25FN2. The van der Waals surface area contributed by atoms with Crippen LogP contribution >= 0.6 is 0 Å². The summed E-state index contributed by atoms with van der Waals surface area (Å²) in [6.45, 7) is 5.50. The van der Waals surface area contributed by atoms with E-state index in [1.165, 1.54) is 31.7 Å². The average Bonchev–Trinajstić information content (AvgIpc) is 3.33. The summed E-state index contributed by atoms with van der Waals surface area (Å²) in [7, 11) is 0. The zero-order valence-electron chi connectivity index (χ0n) is 12.8. The lowest BCUT2D eigenvalue weighted by Crippen LogP contribution is -2.64. The lowest BCUT2D eigenvalue weighted by molar-refractivity contribution is 0.0234. The van der Waals surface area contributed by atoms with Gasteiger partial charge in [0.25, 0.3) is 0 Å². The van der Waals surface area contributed by atoms with Crippen LogP contribution in [0.15, 0.2) is 24.3 Å². The molecule has 2 unspecified atom stereocenters. The second kappa shape index (κ2) is 5.06. The smallest absolute Gasteiger partial charge is 0.123 e. The second-order valence-electron chi connectivity index (χ2n) is 7.47. The Morgan fingerprint density at radius 2 is 2.10 bits per heavy atom. The van der Waals surface area contributed by atoms with Crippen LogP contribution in [0.1, 0.15) is 38.2 Å². The molecule has 2 atom stereocenters. The Morgan fingerprint density at radius 1 is 1.29 bits per heavy atom. The van der Waals surface area contributed by atoms with Crippen LogP contribution < -0.4 is 5.32 Å². The van der Waals surface area contributed by atoms with Crippen molar-refractivity contribution < 1.29 is 4.39 Å². The molecule has 1 heterocycles. The van der Waals surface area contributed by atoms with Crippen molar-refractivity contribution in [2.24, 2.45) is 11.8 Å². The summed E-state index contributed by atoms with van der Waals surface area (Å²) in [4.78, 5) is 2.64. The van der Waals surface area contributed by atoms with Gasteiger partial charge in [-0.2, -0.15) is 0 Å². The Bertz CT molecular complexity index is 524. The van der Waals surface area contributed by atoms with E-state index in [4.69, 9.17) is 0 Å². The fraction of sp³-hybridized carbons (Fsp3) is 0.667. The van der Waals surface area contributed by atoms with Crippen molar-refractivity contribution >= 4 is 0 Å². The first kappa shape index (κ1) is 13.7. The van der Waals surface area contributed by atoms with E-state index in [0.717, 1.165) is 37.0 Å². The zero-order chi connectivity index (χ0) is 14.4. The van der Waals surface area contributed by atoms with Crippen molar-refractivity contribution in [3.05, 3.63) is 35.6 Å². The fourth-order valence-electron chi connectivity index (χ4n) is 3.98. The van der Waals surface area contributed by atoms with Gasteiger partial charge in [-0.25, -0.2) is 4.39 Å². The van der Waals surface area contributed by atoms with Gasteiger partial charge in [-0.05, 0) is 62.1 Å². The van der Waals surface area contributed by atoms with Crippen molar-refractivity contribution in [2.75, 3.05) is 13.1 Å².